The van der Waals surface area contributed by atoms with Crippen LogP contribution in [-0.2, 0) is 0 Å². The minimum atomic E-state index is -1.18. The van der Waals surface area contributed by atoms with E-state index in [1.807, 2.05) is 6.07 Å². The molecule has 0 aliphatic carbocycles. The Morgan fingerprint density at radius 2 is 1.83 bits per heavy atom. The quantitative estimate of drug-likeness (QED) is 0.618. The minimum absolute atomic E-state index is 0.227. The van der Waals surface area contributed by atoms with Gasteiger partial charge in [0.05, 0.1) is 18.7 Å². The number of hydrogen-bond donors (Lipinski definition) is 1. The molecular weight excluding hydrogens is 383 g/mol. The second-order valence-electron chi connectivity index (χ2n) is 8.43. The Kier molecular flexibility index (Phi) is 6.73. The maximum Gasteiger partial charge on any atom is 0.335 e. The van der Waals surface area contributed by atoms with Gasteiger partial charge in [-0.2, -0.15) is 0 Å². The molecular formula is C24H27FN2O3. The highest BCUT2D eigenvalue weighted by Crippen LogP contribution is 2.34. The molecule has 1 N–H and O–H groups in total. The van der Waals surface area contributed by atoms with Gasteiger partial charge in [-0.1, -0.05) is 18.2 Å². The number of carboxylic acids is 1. The average Bonchev–Trinajstić information content (AvgIpc) is 2.72. The molecule has 1 saturated heterocycles. The second kappa shape index (κ2) is 9.27. The predicted molar refractivity (Wildman–Crippen MR) is 115 cm³/mol. The Bertz CT molecular complexity index is 921. The van der Waals surface area contributed by atoms with Crippen LogP contribution in [0.4, 0.5) is 10.1 Å². The van der Waals surface area contributed by atoms with E-state index < -0.39 is 11.6 Å². The van der Waals surface area contributed by atoms with Crippen LogP contribution in [-0.4, -0.2) is 47.9 Å². The van der Waals surface area contributed by atoms with Crippen LogP contribution in [0.25, 0.3) is 16.0 Å². The summed E-state index contributed by atoms with van der Waals surface area (Å²) in [5, 5.41) is 9.02. The lowest BCUT2D eigenvalue weighted by molar-refractivity contribution is 0.0696. The average molecular weight is 410 g/mol. The summed E-state index contributed by atoms with van der Waals surface area (Å²) in [6.07, 6.45) is 1.91. The zero-order chi connectivity index (χ0) is 21.7. The number of aromatic carboxylic acids is 1. The van der Waals surface area contributed by atoms with Crippen LogP contribution in [0.1, 0.15) is 37.0 Å². The zero-order valence-corrected chi connectivity index (χ0v) is 17.4. The fourth-order valence-corrected chi connectivity index (χ4v) is 3.76. The van der Waals surface area contributed by atoms with Crippen LogP contribution >= 0.6 is 0 Å². The Hall–Kier alpha value is -2.91. The number of rotatable bonds is 7. The van der Waals surface area contributed by atoms with E-state index in [-0.39, 0.29) is 5.56 Å². The first-order chi connectivity index (χ1) is 14.2. The fraction of sp³-hybridized carbons (Fsp3) is 0.417. The molecule has 6 heteroatoms. The molecule has 0 atom stereocenters. The number of ether oxygens (including phenoxy) is 1. The van der Waals surface area contributed by atoms with Crippen LogP contribution in [0.15, 0.2) is 42.5 Å². The zero-order valence-electron chi connectivity index (χ0n) is 17.4. The smallest absolute Gasteiger partial charge is 0.335 e. The van der Waals surface area contributed by atoms with E-state index >= 15 is 0 Å². The lowest BCUT2D eigenvalue weighted by Gasteiger charge is -2.34. The van der Waals surface area contributed by atoms with Gasteiger partial charge in [-0.3, -0.25) is 0 Å². The van der Waals surface area contributed by atoms with Crippen LogP contribution in [0, 0.1) is 12.5 Å². The summed E-state index contributed by atoms with van der Waals surface area (Å²) in [7, 11) is 0. The predicted octanol–water partition coefficient (Wildman–Crippen LogP) is 5.44. The van der Waals surface area contributed by atoms with Crippen LogP contribution in [0.2, 0.25) is 0 Å². The van der Waals surface area contributed by atoms with Crippen molar-refractivity contribution in [2.45, 2.75) is 32.4 Å². The third-order valence-corrected chi connectivity index (χ3v) is 5.33. The number of carboxylic acid groups (broad SMARTS) is 1. The summed E-state index contributed by atoms with van der Waals surface area (Å²) >= 11 is 0. The Balaban J connectivity index is 1.60. The number of nitrogens with zero attached hydrogens (tertiary/aromatic N) is 2. The van der Waals surface area contributed by atoms with Gasteiger partial charge in [0.15, 0.2) is 0 Å². The summed E-state index contributed by atoms with van der Waals surface area (Å²) in [5.74, 6) is -0.0135. The maximum atomic E-state index is 13.8. The van der Waals surface area contributed by atoms with E-state index in [0.29, 0.717) is 30.5 Å². The van der Waals surface area contributed by atoms with Crippen molar-refractivity contribution in [3.63, 3.8) is 0 Å². The van der Waals surface area contributed by atoms with Crippen molar-refractivity contribution < 1.29 is 19.0 Å². The molecule has 1 aliphatic rings. The van der Waals surface area contributed by atoms with E-state index in [9.17, 15) is 9.18 Å². The van der Waals surface area contributed by atoms with E-state index in [4.69, 9.17) is 16.4 Å². The molecule has 0 spiro atoms. The molecule has 0 unspecified atom stereocenters. The first-order valence-electron chi connectivity index (χ1n) is 10.1. The summed E-state index contributed by atoms with van der Waals surface area (Å²) in [6, 6.07) is 12.0. The third kappa shape index (κ3) is 5.80. The van der Waals surface area contributed by atoms with Gasteiger partial charge in [0.2, 0.25) is 5.69 Å². The van der Waals surface area contributed by atoms with E-state index in [1.165, 1.54) is 0 Å². The summed E-state index contributed by atoms with van der Waals surface area (Å²) in [5.41, 5.74) is 1.17. The first kappa shape index (κ1) is 21.8. The summed E-state index contributed by atoms with van der Waals surface area (Å²) in [6.45, 7) is 13.4. The molecule has 30 heavy (non-hydrogen) atoms. The molecule has 0 aromatic heterocycles. The molecule has 0 bridgehead atoms. The molecule has 158 valence electrons. The van der Waals surface area contributed by atoms with Gasteiger partial charge < -0.3 is 14.7 Å². The molecule has 1 fully saturated rings. The lowest BCUT2D eigenvalue weighted by Crippen LogP contribution is -2.41. The first-order valence-corrected chi connectivity index (χ1v) is 10.1. The summed E-state index contributed by atoms with van der Waals surface area (Å²) in [4.78, 5) is 16.8. The number of hydrogen-bond acceptors (Lipinski definition) is 3. The van der Waals surface area contributed by atoms with E-state index in [2.05, 4.69) is 9.74 Å². The molecule has 2 aromatic rings. The molecule has 3 rings (SSSR count). The Labute approximate surface area is 176 Å². The van der Waals surface area contributed by atoms with Crippen LogP contribution in [0.5, 0.6) is 5.75 Å². The van der Waals surface area contributed by atoms with Gasteiger partial charge in [-0.25, -0.2) is 14.0 Å². The van der Waals surface area contributed by atoms with Crippen molar-refractivity contribution in [2.75, 3.05) is 26.2 Å². The van der Waals surface area contributed by atoms with Crippen molar-refractivity contribution in [1.82, 2.24) is 4.90 Å². The van der Waals surface area contributed by atoms with Crippen LogP contribution < -0.4 is 4.74 Å². The van der Waals surface area contributed by atoms with Gasteiger partial charge in [0.25, 0.3) is 0 Å². The van der Waals surface area contributed by atoms with Crippen molar-refractivity contribution in [3.8, 4) is 16.9 Å². The largest absolute Gasteiger partial charge is 0.504 e. The topological polar surface area (TPSA) is 54.1 Å². The van der Waals surface area contributed by atoms with Gasteiger partial charge >= 0.3 is 5.97 Å². The van der Waals surface area contributed by atoms with Gasteiger partial charge in [0.1, 0.15) is 11.4 Å². The SMILES string of the molecule is [C-]#[N+]c1cc(-c2ccc(C(=O)O)cc2)ccc1OCC1CCN(CC(C)(C)F)CC1. The van der Waals surface area contributed by atoms with Crippen molar-refractivity contribution in [2.24, 2.45) is 5.92 Å². The highest BCUT2D eigenvalue weighted by atomic mass is 19.1. The van der Waals surface area contributed by atoms with Crippen molar-refractivity contribution >= 4 is 11.7 Å². The maximum absolute atomic E-state index is 13.8. The van der Waals surface area contributed by atoms with Gasteiger partial charge in [-0.15, -0.1) is 0 Å². The third-order valence-electron chi connectivity index (χ3n) is 5.33. The van der Waals surface area contributed by atoms with Crippen molar-refractivity contribution in [3.05, 3.63) is 59.4 Å². The van der Waals surface area contributed by atoms with Crippen molar-refractivity contribution in [1.29, 1.82) is 0 Å². The number of likely N-dealkylation sites (tertiary alicyclic amines) is 1. The number of carbonyl (C=O) groups is 1. The number of halogens is 1. The molecule has 1 heterocycles. The standard InChI is InChI=1S/C24H27FN2O3/c1-24(2,25)16-27-12-10-17(11-13-27)15-30-22-9-8-20(14-21(22)26-3)18-4-6-19(7-5-18)23(28)29/h4-9,14,17H,10-13,15-16H2,1-2H3,(H,28,29). The molecule has 2 aromatic carbocycles. The number of alkyl halides is 1. The fourth-order valence-electron chi connectivity index (χ4n) is 3.76. The Morgan fingerprint density at radius 1 is 1.20 bits per heavy atom. The minimum Gasteiger partial charge on any atom is -0.504 e. The number of benzene rings is 2. The molecule has 5 nitrogen and oxygen atoms in total. The highest BCUT2D eigenvalue weighted by molar-refractivity contribution is 5.88. The van der Waals surface area contributed by atoms with E-state index in [1.54, 1.807) is 50.2 Å². The molecule has 0 saturated carbocycles. The van der Waals surface area contributed by atoms with Gasteiger partial charge in [0, 0.05) is 6.54 Å². The summed E-state index contributed by atoms with van der Waals surface area (Å²) < 4.78 is 19.8. The monoisotopic (exact) mass is 410 g/mol. The van der Waals surface area contributed by atoms with Gasteiger partial charge in [-0.05, 0) is 81.1 Å². The number of piperidine rings is 1. The lowest BCUT2D eigenvalue weighted by atomic mass is 9.96. The normalized spacial score (nSPS) is 15.5. The second-order valence-corrected chi connectivity index (χ2v) is 8.43. The van der Waals surface area contributed by atoms with Crippen LogP contribution in [0.3, 0.4) is 0 Å². The Morgan fingerprint density at radius 3 is 2.40 bits per heavy atom. The molecule has 0 radical (unpaired) electrons. The highest BCUT2D eigenvalue weighted by Gasteiger charge is 2.25. The van der Waals surface area contributed by atoms with E-state index in [0.717, 1.165) is 37.1 Å². The molecule has 1 aliphatic heterocycles. The molecule has 0 amide bonds.